The Bertz CT molecular complexity index is 237. The molecule has 0 aliphatic carbocycles. The number of ether oxygens (including phenoxy) is 1. The second-order valence-electron chi connectivity index (χ2n) is 4.49. The lowest BCUT2D eigenvalue weighted by molar-refractivity contribution is -0.325. The molecule has 4 nitrogen and oxygen atoms in total. The van der Waals surface area contributed by atoms with E-state index in [1.54, 1.807) is 0 Å². The number of likely N-dealkylation sites (tertiary alicyclic amines) is 1. The number of hydrogen-bond donors (Lipinski definition) is 1. The van der Waals surface area contributed by atoms with Gasteiger partial charge in [0.15, 0.2) is 0 Å². The summed E-state index contributed by atoms with van der Waals surface area (Å²) >= 11 is 0. The van der Waals surface area contributed by atoms with Gasteiger partial charge in [0, 0.05) is 51.9 Å². The molecule has 0 aromatic heterocycles. The highest BCUT2D eigenvalue weighted by Gasteiger charge is 2.33. The molecule has 2 aliphatic heterocycles. The minimum Gasteiger partial charge on any atom is -0.314 e. The lowest BCUT2D eigenvalue weighted by atomic mass is 10.1. The molecule has 0 bridgehead atoms. The van der Waals surface area contributed by atoms with E-state index in [9.17, 15) is 13.2 Å². The fourth-order valence-corrected chi connectivity index (χ4v) is 2.29. The fraction of sp³-hybridized carbons (Fsp3) is 1.00. The van der Waals surface area contributed by atoms with Gasteiger partial charge in [-0.1, -0.05) is 0 Å². The highest BCUT2D eigenvalue weighted by atomic mass is 19.4. The Morgan fingerprint density at radius 3 is 2.41 bits per heavy atom. The van der Waals surface area contributed by atoms with Gasteiger partial charge >= 0.3 is 6.36 Å². The third-order valence-corrected chi connectivity index (χ3v) is 3.28. The molecule has 2 saturated heterocycles. The first-order valence-corrected chi connectivity index (χ1v) is 5.92. The number of piperazine rings is 1. The van der Waals surface area contributed by atoms with Gasteiger partial charge in [0.2, 0.25) is 0 Å². The van der Waals surface area contributed by atoms with Crippen molar-refractivity contribution in [3.8, 4) is 0 Å². The fourth-order valence-electron chi connectivity index (χ4n) is 2.29. The minimum absolute atomic E-state index is 0.266. The van der Waals surface area contributed by atoms with Gasteiger partial charge in [0.05, 0.1) is 6.61 Å². The van der Waals surface area contributed by atoms with Crippen molar-refractivity contribution in [2.45, 2.75) is 12.4 Å². The number of nitrogens with zero attached hydrogens (tertiary/aromatic N) is 2. The van der Waals surface area contributed by atoms with Crippen molar-refractivity contribution in [3.63, 3.8) is 0 Å². The van der Waals surface area contributed by atoms with Crippen LogP contribution in [-0.4, -0.2) is 74.6 Å². The summed E-state index contributed by atoms with van der Waals surface area (Å²) in [7, 11) is 0. The third-order valence-electron chi connectivity index (χ3n) is 3.28. The van der Waals surface area contributed by atoms with E-state index in [1.165, 1.54) is 0 Å². The summed E-state index contributed by atoms with van der Waals surface area (Å²) in [6.45, 7) is 5.92. The Kier molecular flexibility index (Phi) is 4.24. The van der Waals surface area contributed by atoms with Crippen molar-refractivity contribution in [1.29, 1.82) is 0 Å². The molecule has 0 aromatic carbocycles. The standard InChI is InChI=1S/C10H18F3N3O/c11-10(12,13)17-6-5-15-7-9(8-15)16-3-1-14-2-4-16/h9,14H,1-8H2. The third kappa shape index (κ3) is 4.09. The zero-order chi connectivity index (χ0) is 12.3. The normalized spacial score (nSPS) is 24.9. The van der Waals surface area contributed by atoms with Gasteiger partial charge in [-0.15, -0.1) is 13.2 Å². The highest BCUT2D eigenvalue weighted by Crippen LogP contribution is 2.18. The van der Waals surface area contributed by atoms with Crippen LogP contribution in [-0.2, 0) is 4.74 Å². The monoisotopic (exact) mass is 253 g/mol. The Hall–Kier alpha value is -0.370. The van der Waals surface area contributed by atoms with Crippen LogP contribution in [0, 0.1) is 0 Å². The largest absolute Gasteiger partial charge is 0.522 e. The van der Waals surface area contributed by atoms with E-state index >= 15 is 0 Å². The average Bonchev–Trinajstić information content (AvgIpc) is 2.21. The van der Waals surface area contributed by atoms with Crippen LogP contribution in [0.4, 0.5) is 13.2 Å². The van der Waals surface area contributed by atoms with Gasteiger partial charge < -0.3 is 5.32 Å². The van der Waals surface area contributed by atoms with Gasteiger partial charge in [-0.25, -0.2) is 0 Å². The summed E-state index contributed by atoms with van der Waals surface area (Å²) in [5.41, 5.74) is 0. The summed E-state index contributed by atoms with van der Waals surface area (Å²) in [5.74, 6) is 0. The molecule has 0 aromatic rings. The SMILES string of the molecule is FC(F)(F)OCCN1CC(N2CCNCC2)C1. The molecule has 0 unspecified atom stereocenters. The van der Waals surface area contributed by atoms with Crippen LogP contribution in [0.5, 0.6) is 0 Å². The zero-order valence-corrected chi connectivity index (χ0v) is 9.67. The first-order chi connectivity index (χ1) is 8.04. The summed E-state index contributed by atoms with van der Waals surface area (Å²) < 4.78 is 39.0. The van der Waals surface area contributed by atoms with Gasteiger partial charge in [-0.2, -0.15) is 0 Å². The van der Waals surface area contributed by atoms with Crippen molar-refractivity contribution in [2.24, 2.45) is 0 Å². The van der Waals surface area contributed by atoms with Crippen molar-refractivity contribution in [3.05, 3.63) is 0 Å². The summed E-state index contributed by atoms with van der Waals surface area (Å²) in [4.78, 5) is 4.40. The van der Waals surface area contributed by atoms with Gasteiger partial charge in [-0.3, -0.25) is 14.5 Å². The molecule has 0 spiro atoms. The molecular weight excluding hydrogens is 235 g/mol. The Labute approximate surface area is 98.7 Å². The lowest BCUT2D eigenvalue weighted by Gasteiger charge is -2.46. The molecule has 0 saturated carbocycles. The van der Waals surface area contributed by atoms with E-state index < -0.39 is 6.36 Å². The molecule has 2 fully saturated rings. The molecule has 2 aliphatic rings. The molecule has 1 N–H and O–H groups in total. The van der Waals surface area contributed by atoms with Crippen molar-refractivity contribution >= 4 is 0 Å². The maximum absolute atomic E-state index is 11.7. The van der Waals surface area contributed by atoms with Crippen LogP contribution in [0.2, 0.25) is 0 Å². The Balaban J connectivity index is 1.56. The number of hydrogen-bond acceptors (Lipinski definition) is 4. The van der Waals surface area contributed by atoms with Crippen molar-refractivity contribution in [2.75, 3.05) is 52.4 Å². The van der Waals surface area contributed by atoms with E-state index in [1.807, 2.05) is 4.90 Å². The van der Waals surface area contributed by atoms with Crippen LogP contribution in [0.25, 0.3) is 0 Å². The topological polar surface area (TPSA) is 27.7 Å². The van der Waals surface area contributed by atoms with Crippen molar-refractivity contribution < 1.29 is 17.9 Å². The molecule has 17 heavy (non-hydrogen) atoms. The quantitative estimate of drug-likeness (QED) is 0.770. The number of halogens is 3. The first kappa shape index (κ1) is 13.1. The maximum Gasteiger partial charge on any atom is 0.522 e. The molecular formula is C10H18F3N3O. The van der Waals surface area contributed by atoms with E-state index in [0.717, 1.165) is 39.3 Å². The molecule has 100 valence electrons. The molecule has 2 heterocycles. The summed E-state index contributed by atoms with van der Waals surface area (Å²) in [5, 5.41) is 3.28. The van der Waals surface area contributed by atoms with Gasteiger partial charge in [0.25, 0.3) is 0 Å². The lowest BCUT2D eigenvalue weighted by Crippen LogP contribution is -2.63. The predicted molar refractivity (Wildman–Crippen MR) is 56.7 cm³/mol. The van der Waals surface area contributed by atoms with Crippen LogP contribution < -0.4 is 5.32 Å². The minimum atomic E-state index is -4.50. The zero-order valence-electron chi connectivity index (χ0n) is 9.67. The van der Waals surface area contributed by atoms with E-state index in [4.69, 9.17) is 0 Å². The summed E-state index contributed by atoms with van der Waals surface area (Å²) in [6.07, 6.45) is -4.50. The number of alkyl halides is 3. The number of rotatable bonds is 4. The molecule has 0 amide bonds. The van der Waals surface area contributed by atoms with Crippen LogP contribution in [0.1, 0.15) is 0 Å². The van der Waals surface area contributed by atoms with Crippen molar-refractivity contribution in [1.82, 2.24) is 15.1 Å². The molecule has 2 rings (SSSR count). The second-order valence-corrected chi connectivity index (χ2v) is 4.49. The smallest absolute Gasteiger partial charge is 0.314 e. The Morgan fingerprint density at radius 2 is 1.82 bits per heavy atom. The maximum atomic E-state index is 11.7. The molecule has 0 atom stereocenters. The van der Waals surface area contributed by atoms with Crippen LogP contribution in [0.15, 0.2) is 0 Å². The Morgan fingerprint density at radius 1 is 1.18 bits per heavy atom. The second kappa shape index (κ2) is 5.51. The average molecular weight is 253 g/mol. The van der Waals surface area contributed by atoms with Gasteiger partial charge in [-0.05, 0) is 0 Å². The van der Waals surface area contributed by atoms with Crippen LogP contribution in [0.3, 0.4) is 0 Å². The van der Waals surface area contributed by atoms with E-state index in [2.05, 4.69) is 15.0 Å². The highest BCUT2D eigenvalue weighted by molar-refractivity contribution is 4.89. The van der Waals surface area contributed by atoms with Crippen LogP contribution >= 0.6 is 0 Å². The van der Waals surface area contributed by atoms with E-state index in [0.29, 0.717) is 12.6 Å². The summed E-state index contributed by atoms with van der Waals surface area (Å²) in [6, 6.07) is 0.517. The molecule has 0 radical (unpaired) electrons. The predicted octanol–water partition coefficient (Wildman–Crippen LogP) is 0.112. The molecule has 7 heteroatoms. The van der Waals surface area contributed by atoms with E-state index in [-0.39, 0.29) is 6.61 Å². The number of nitrogens with one attached hydrogen (secondary N) is 1. The first-order valence-electron chi connectivity index (χ1n) is 5.92. The van der Waals surface area contributed by atoms with Gasteiger partial charge in [0.1, 0.15) is 0 Å².